The molecule has 0 aliphatic rings. The molecule has 0 aliphatic heterocycles. The first-order valence-corrected chi connectivity index (χ1v) is 26.6. The zero-order chi connectivity index (χ0) is 44.0. The van der Waals surface area contributed by atoms with E-state index in [9.17, 15) is 18.9 Å². The van der Waals surface area contributed by atoms with Crippen LogP contribution in [0.4, 0.5) is 0 Å². The monoisotopic (exact) mass is 871 g/mol. The number of hydrogen-bond acceptors (Lipinski definition) is 6. The Balaban J connectivity index is 1.88. The van der Waals surface area contributed by atoms with Crippen molar-refractivity contribution in [2.24, 2.45) is 23.7 Å². The highest BCUT2D eigenvalue weighted by molar-refractivity contribution is 7.48. The standard InChI is InChI=1S/C50H80O8P2/c1-9-17-24-39(13-5)34-43-28-21-32-49(47(43)36-41(15-7)26-19-11-3)57-59(51,52)55-45-30-23-31-46(38-45)56-60(53,54)58-50-33-22-29-44(35-40(14-6)25-18-10-2)48(50)37-42(16-8)27-20-12-4/h21-23,28-33,38-42H,9-20,24-27,34-37H2,1-8H3,(H,51,52)(H,53,54). The Morgan fingerprint density at radius 2 is 0.767 bits per heavy atom. The average molecular weight is 871 g/mol. The number of phosphoric acid groups is 2. The van der Waals surface area contributed by atoms with E-state index in [1.165, 1.54) is 37.1 Å². The van der Waals surface area contributed by atoms with Crippen molar-refractivity contribution in [2.45, 2.75) is 184 Å². The summed E-state index contributed by atoms with van der Waals surface area (Å²) in [4.78, 5) is 22.4. The van der Waals surface area contributed by atoms with E-state index < -0.39 is 15.6 Å². The summed E-state index contributed by atoms with van der Waals surface area (Å²) in [6, 6.07) is 17.4. The summed E-state index contributed by atoms with van der Waals surface area (Å²) in [6.45, 7) is 17.7. The Kier molecular flexibility index (Phi) is 23.5. The number of unbranched alkanes of at least 4 members (excludes halogenated alkanes) is 4. The molecule has 0 bridgehead atoms. The maximum absolute atomic E-state index is 13.7. The van der Waals surface area contributed by atoms with E-state index in [1.807, 2.05) is 12.1 Å². The van der Waals surface area contributed by atoms with Gasteiger partial charge < -0.3 is 18.1 Å². The van der Waals surface area contributed by atoms with Gasteiger partial charge in [0.2, 0.25) is 0 Å². The van der Waals surface area contributed by atoms with Crippen LogP contribution in [0.5, 0.6) is 23.0 Å². The van der Waals surface area contributed by atoms with Crippen molar-refractivity contribution >= 4 is 15.6 Å². The van der Waals surface area contributed by atoms with E-state index in [-0.39, 0.29) is 11.5 Å². The fraction of sp³-hybridized carbons (Fsp3) is 0.640. The number of benzene rings is 3. The molecule has 6 atom stereocenters. The van der Waals surface area contributed by atoms with Crippen molar-refractivity contribution < 1.29 is 37.0 Å². The second-order valence-electron chi connectivity index (χ2n) is 17.0. The number of rotatable bonds is 32. The second-order valence-corrected chi connectivity index (χ2v) is 19.7. The Bertz CT molecular complexity index is 1640. The van der Waals surface area contributed by atoms with Crippen LogP contribution in [-0.4, -0.2) is 9.79 Å². The van der Waals surface area contributed by atoms with E-state index in [2.05, 4.69) is 67.5 Å². The molecule has 0 fully saturated rings. The topological polar surface area (TPSA) is 112 Å². The molecule has 3 rings (SSSR count). The van der Waals surface area contributed by atoms with Crippen molar-refractivity contribution in [1.29, 1.82) is 0 Å². The van der Waals surface area contributed by atoms with Crippen LogP contribution in [-0.2, 0) is 34.8 Å². The number of phosphoric ester groups is 2. The highest BCUT2D eigenvalue weighted by atomic mass is 31.2. The molecule has 0 radical (unpaired) electrons. The lowest BCUT2D eigenvalue weighted by molar-refractivity contribution is 0.285. The normalized spacial score (nSPS) is 15.6. The van der Waals surface area contributed by atoms with Crippen LogP contribution in [0.3, 0.4) is 0 Å². The molecule has 338 valence electrons. The van der Waals surface area contributed by atoms with Gasteiger partial charge in [-0.2, -0.15) is 0 Å². The molecule has 0 spiro atoms. The molecular formula is C50H80O8P2. The van der Waals surface area contributed by atoms with Gasteiger partial charge in [-0.05, 0) is 95.9 Å². The third-order valence-electron chi connectivity index (χ3n) is 12.3. The van der Waals surface area contributed by atoms with Gasteiger partial charge in [0.1, 0.15) is 23.0 Å². The van der Waals surface area contributed by atoms with Crippen LogP contribution in [0.15, 0.2) is 60.7 Å². The minimum absolute atomic E-state index is 0.0434. The summed E-state index contributed by atoms with van der Waals surface area (Å²) in [6.07, 6.45) is 21.0. The Morgan fingerprint density at radius 3 is 1.08 bits per heavy atom. The van der Waals surface area contributed by atoms with Crippen molar-refractivity contribution in [1.82, 2.24) is 0 Å². The summed E-state index contributed by atoms with van der Waals surface area (Å²) in [5, 5.41) is 0. The largest absolute Gasteiger partial charge is 0.584 e. The van der Waals surface area contributed by atoms with Gasteiger partial charge in [-0.15, -0.1) is 0 Å². The van der Waals surface area contributed by atoms with Crippen LogP contribution in [0.1, 0.15) is 180 Å². The van der Waals surface area contributed by atoms with Gasteiger partial charge in [0.15, 0.2) is 0 Å². The first-order chi connectivity index (χ1) is 28.8. The molecule has 0 heterocycles. The molecule has 0 saturated carbocycles. The summed E-state index contributed by atoms with van der Waals surface area (Å²) < 4.78 is 50.6. The molecule has 0 saturated heterocycles. The highest BCUT2D eigenvalue weighted by Gasteiger charge is 2.31. The SMILES string of the molecule is CCCCC(CC)Cc1cccc(OP(=O)(O)Oc2cccc(OP(=O)(O)Oc3cccc(CC(CC)CCCC)c3CC(CC)CCCC)c2)c1CC(CC)CCCC. The van der Waals surface area contributed by atoms with Gasteiger partial charge in [0.05, 0.1) is 0 Å². The third kappa shape index (κ3) is 17.9. The molecule has 2 N–H and O–H groups in total. The molecule has 6 unspecified atom stereocenters. The van der Waals surface area contributed by atoms with Gasteiger partial charge in [-0.1, -0.05) is 188 Å². The smallest absolute Gasteiger partial charge is 0.395 e. The lowest BCUT2D eigenvalue weighted by atomic mass is 9.85. The van der Waals surface area contributed by atoms with Crippen molar-refractivity contribution in [2.75, 3.05) is 0 Å². The molecule has 0 amide bonds. The van der Waals surface area contributed by atoms with Gasteiger partial charge in [0.25, 0.3) is 0 Å². The van der Waals surface area contributed by atoms with Gasteiger partial charge in [0, 0.05) is 6.07 Å². The number of hydrogen-bond donors (Lipinski definition) is 2. The van der Waals surface area contributed by atoms with E-state index in [4.69, 9.17) is 18.1 Å². The van der Waals surface area contributed by atoms with Crippen molar-refractivity contribution in [3.63, 3.8) is 0 Å². The van der Waals surface area contributed by atoms with E-state index in [0.29, 0.717) is 35.2 Å². The average Bonchev–Trinajstić information content (AvgIpc) is 3.22. The molecule has 3 aromatic rings. The van der Waals surface area contributed by atoms with E-state index in [1.54, 1.807) is 12.1 Å². The third-order valence-corrected chi connectivity index (χ3v) is 14.0. The maximum Gasteiger partial charge on any atom is 0.584 e. The minimum atomic E-state index is -4.72. The summed E-state index contributed by atoms with van der Waals surface area (Å²) in [7, 11) is -9.44. The fourth-order valence-electron chi connectivity index (χ4n) is 8.35. The second kappa shape index (κ2) is 27.3. The quantitative estimate of drug-likeness (QED) is 0.0597. The summed E-state index contributed by atoms with van der Waals surface area (Å²) in [5.41, 5.74) is 4.24. The molecule has 0 aliphatic carbocycles. The lowest BCUT2D eigenvalue weighted by Gasteiger charge is -2.24. The predicted octanol–water partition coefficient (Wildman–Crippen LogP) is 15.8. The zero-order valence-electron chi connectivity index (χ0n) is 38.5. The molecule has 10 heteroatoms. The minimum Gasteiger partial charge on any atom is -0.395 e. The van der Waals surface area contributed by atoms with Crippen molar-refractivity contribution in [3.05, 3.63) is 82.9 Å². The predicted molar refractivity (Wildman–Crippen MR) is 250 cm³/mol. The Morgan fingerprint density at radius 1 is 0.450 bits per heavy atom. The van der Waals surface area contributed by atoms with Crippen LogP contribution in [0.25, 0.3) is 0 Å². The Hall–Kier alpha value is -2.76. The van der Waals surface area contributed by atoms with Gasteiger partial charge in [-0.25, -0.2) is 9.13 Å². The summed E-state index contributed by atoms with van der Waals surface area (Å²) >= 11 is 0. The molecule has 0 aromatic heterocycles. The lowest BCUT2D eigenvalue weighted by Crippen LogP contribution is -2.12. The van der Waals surface area contributed by atoms with Crippen LogP contribution < -0.4 is 18.1 Å². The zero-order valence-corrected chi connectivity index (χ0v) is 40.3. The molecule has 3 aromatic carbocycles. The van der Waals surface area contributed by atoms with Crippen LogP contribution >= 0.6 is 15.6 Å². The molecule has 60 heavy (non-hydrogen) atoms. The maximum atomic E-state index is 13.7. The van der Waals surface area contributed by atoms with Crippen molar-refractivity contribution in [3.8, 4) is 23.0 Å². The van der Waals surface area contributed by atoms with Crippen LogP contribution in [0.2, 0.25) is 0 Å². The molecule has 8 nitrogen and oxygen atoms in total. The van der Waals surface area contributed by atoms with E-state index in [0.717, 1.165) is 138 Å². The highest BCUT2D eigenvalue weighted by Crippen LogP contribution is 2.50. The van der Waals surface area contributed by atoms with Crippen LogP contribution in [0, 0.1) is 23.7 Å². The van der Waals surface area contributed by atoms with E-state index >= 15 is 0 Å². The van der Waals surface area contributed by atoms with Gasteiger partial charge >= 0.3 is 15.6 Å². The fourth-order valence-corrected chi connectivity index (χ4v) is 10.0. The first kappa shape index (κ1) is 51.6. The molecular weight excluding hydrogens is 790 g/mol. The first-order valence-electron chi connectivity index (χ1n) is 23.6. The Labute approximate surface area is 364 Å². The van der Waals surface area contributed by atoms with Gasteiger partial charge in [-0.3, -0.25) is 9.79 Å². The summed E-state index contributed by atoms with van der Waals surface area (Å²) in [5.74, 6) is 2.48.